The van der Waals surface area contributed by atoms with Crippen molar-refractivity contribution < 1.29 is 24.5 Å². The Hall–Kier alpha value is -1.92. The van der Waals surface area contributed by atoms with Gasteiger partial charge in [0.2, 0.25) is 5.91 Å². The van der Waals surface area contributed by atoms with E-state index >= 15 is 0 Å². The Kier molecular flexibility index (Phi) is 43.6. The minimum absolute atomic E-state index is 0.0720. The maximum atomic E-state index is 13.2. The molecule has 6 nitrogen and oxygen atoms in total. The van der Waals surface area contributed by atoms with Crippen LogP contribution in [0.4, 0.5) is 0 Å². The summed E-state index contributed by atoms with van der Waals surface area (Å²) >= 11 is 0. The average molecular weight is 802 g/mol. The van der Waals surface area contributed by atoms with Crippen LogP contribution in [-0.4, -0.2) is 46.9 Å². The number of amides is 1. The summed E-state index contributed by atoms with van der Waals surface area (Å²) in [5.74, 6) is -0.491. The lowest BCUT2D eigenvalue weighted by atomic mass is 10.0. The van der Waals surface area contributed by atoms with Crippen LogP contribution in [0.25, 0.3) is 0 Å². The van der Waals surface area contributed by atoms with Crippen LogP contribution in [0.3, 0.4) is 0 Å². The molecule has 0 saturated carbocycles. The number of esters is 1. The molecule has 57 heavy (non-hydrogen) atoms. The van der Waals surface area contributed by atoms with E-state index in [-0.39, 0.29) is 24.9 Å². The van der Waals surface area contributed by atoms with Gasteiger partial charge < -0.3 is 20.3 Å². The van der Waals surface area contributed by atoms with Gasteiger partial charge in [-0.1, -0.05) is 218 Å². The monoisotopic (exact) mass is 802 g/mol. The normalized spacial score (nSPS) is 13.6. The highest BCUT2D eigenvalue weighted by atomic mass is 16.5. The lowest BCUT2D eigenvalue weighted by Gasteiger charge is -2.24. The number of unbranched alkanes of at least 4 members (excludes halogenated alkanes) is 26. The molecule has 0 aromatic carbocycles. The van der Waals surface area contributed by atoms with Gasteiger partial charge in [-0.3, -0.25) is 9.59 Å². The van der Waals surface area contributed by atoms with Crippen LogP contribution in [-0.2, 0) is 14.3 Å². The van der Waals surface area contributed by atoms with Gasteiger partial charge in [0.05, 0.1) is 25.2 Å². The molecule has 0 aliphatic carbocycles. The van der Waals surface area contributed by atoms with Gasteiger partial charge in [-0.05, 0) is 57.8 Å². The number of aliphatic hydroxyl groups is 2. The third-order valence-electron chi connectivity index (χ3n) is 11.2. The van der Waals surface area contributed by atoms with Crippen molar-refractivity contribution in [2.75, 3.05) is 6.61 Å². The standard InChI is InChI=1S/C51H95NO5/c1-4-7-10-13-16-19-22-24-26-28-30-33-36-39-42-47(57-51(56)44-41-38-35-32-29-27-25-23-20-17-14-11-8-5-2)45-50(55)52-48(46-53)49(54)43-40-37-34-31-21-18-15-12-9-6-3/h8,11,17,20,25,27,47-49,53-54H,4-7,9-10,12-16,18-19,21-24,26,28-46H2,1-3H3,(H,52,55)/b11-8+,20-17+,27-25+. The molecule has 1 amide bonds. The lowest BCUT2D eigenvalue weighted by Crippen LogP contribution is -2.46. The number of carbonyl (C=O) groups excluding carboxylic acids is 2. The Morgan fingerprint density at radius 3 is 1.44 bits per heavy atom. The summed E-state index contributed by atoms with van der Waals surface area (Å²) in [4.78, 5) is 26.1. The van der Waals surface area contributed by atoms with E-state index in [0.717, 1.165) is 83.5 Å². The summed E-state index contributed by atoms with van der Waals surface area (Å²) in [6.07, 6.45) is 52.0. The number of nitrogens with one attached hydrogen (secondary N) is 1. The molecule has 0 saturated heterocycles. The maximum absolute atomic E-state index is 13.2. The Labute approximate surface area is 353 Å². The van der Waals surface area contributed by atoms with Gasteiger partial charge in [0.25, 0.3) is 0 Å². The molecule has 3 unspecified atom stereocenters. The average Bonchev–Trinajstić information content (AvgIpc) is 3.20. The van der Waals surface area contributed by atoms with E-state index in [1.807, 2.05) is 0 Å². The molecule has 0 radical (unpaired) electrons. The van der Waals surface area contributed by atoms with Crippen molar-refractivity contribution in [1.29, 1.82) is 0 Å². The van der Waals surface area contributed by atoms with Crippen LogP contribution in [0.15, 0.2) is 36.5 Å². The van der Waals surface area contributed by atoms with E-state index in [1.165, 1.54) is 122 Å². The van der Waals surface area contributed by atoms with Crippen molar-refractivity contribution in [3.8, 4) is 0 Å². The summed E-state index contributed by atoms with van der Waals surface area (Å²) in [5, 5.41) is 23.7. The Balaban J connectivity index is 4.60. The van der Waals surface area contributed by atoms with Crippen molar-refractivity contribution >= 4 is 11.9 Å². The summed E-state index contributed by atoms with van der Waals surface area (Å²) in [5.41, 5.74) is 0. The second-order valence-corrected chi connectivity index (χ2v) is 16.8. The Morgan fingerprint density at radius 1 is 0.526 bits per heavy atom. The molecule has 0 aromatic rings. The molecule has 0 fully saturated rings. The minimum atomic E-state index is -0.787. The highest BCUT2D eigenvalue weighted by Gasteiger charge is 2.24. The number of hydrogen-bond donors (Lipinski definition) is 3. The predicted molar refractivity (Wildman–Crippen MR) is 246 cm³/mol. The molecule has 0 rings (SSSR count). The lowest BCUT2D eigenvalue weighted by molar-refractivity contribution is -0.151. The zero-order valence-corrected chi connectivity index (χ0v) is 38.0. The van der Waals surface area contributed by atoms with Gasteiger partial charge in [-0.2, -0.15) is 0 Å². The highest BCUT2D eigenvalue weighted by molar-refractivity contribution is 5.77. The summed E-state index contributed by atoms with van der Waals surface area (Å²) in [7, 11) is 0. The molecule has 6 heteroatoms. The first kappa shape index (κ1) is 55.1. The van der Waals surface area contributed by atoms with Crippen molar-refractivity contribution in [3.63, 3.8) is 0 Å². The number of hydrogen-bond acceptors (Lipinski definition) is 5. The fourth-order valence-electron chi connectivity index (χ4n) is 7.50. The molecule has 3 atom stereocenters. The topological polar surface area (TPSA) is 95.9 Å². The van der Waals surface area contributed by atoms with Gasteiger partial charge in [0.1, 0.15) is 6.10 Å². The molecule has 0 aliphatic rings. The number of carbonyl (C=O) groups is 2. The van der Waals surface area contributed by atoms with E-state index in [2.05, 4.69) is 62.5 Å². The van der Waals surface area contributed by atoms with Crippen molar-refractivity contribution in [1.82, 2.24) is 5.32 Å². The van der Waals surface area contributed by atoms with E-state index < -0.39 is 18.2 Å². The highest BCUT2D eigenvalue weighted by Crippen LogP contribution is 2.18. The smallest absolute Gasteiger partial charge is 0.306 e. The van der Waals surface area contributed by atoms with Gasteiger partial charge in [-0.15, -0.1) is 0 Å². The van der Waals surface area contributed by atoms with Crippen LogP contribution in [0.5, 0.6) is 0 Å². The van der Waals surface area contributed by atoms with E-state index in [4.69, 9.17) is 4.74 Å². The second-order valence-electron chi connectivity index (χ2n) is 16.8. The second kappa shape index (κ2) is 45.2. The fourth-order valence-corrected chi connectivity index (χ4v) is 7.50. The van der Waals surface area contributed by atoms with E-state index in [0.29, 0.717) is 19.3 Å². The zero-order chi connectivity index (χ0) is 41.7. The molecular formula is C51H95NO5. The van der Waals surface area contributed by atoms with E-state index in [1.54, 1.807) is 0 Å². The molecule has 0 bridgehead atoms. The third kappa shape index (κ3) is 40.6. The molecule has 0 aliphatic heterocycles. The SMILES string of the molecule is CC/C=C/C/C=C/C/C=C/CCCCCCC(=O)OC(CCCCCCCCCCCCCCCC)CC(=O)NC(CO)C(O)CCCCCCCCCCCC. The number of allylic oxidation sites excluding steroid dienone is 6. The first-order chi connectivity index (χ1) is 28.0. The predicted octanol–water partition coefficient (Wildman–Crippen LogP) is 14.5. The Bertz CT molecular complexity index is 946. The van der Waals surface area contributed by atoms with Crippen LogP contribution in [0, 0.1) is 0 Å². The molecule has 0 aromatic heterocycles. The van der Waals surface area contributed by atoms with Crippen molar-refractivity contribution in [3.05, 3.63) is 36.5 Å². The first-order valence-corrected chi connectivity index (χ1v) is 24.7. The minimum Gasteiger partial charge on any atom is -0.462 e. The first-order valence-electron chi connectivity index (χ1n) is 24.7. The van der Waals surface area contributed by atoms with Crippen LogP contribution < -0.4 is 5.32 Å². The van der Waals surface area contributed by atoms with Gasteiger partial charge >= 0.3 is 5.97 Å². The van der Waals surface area contributed by atoms with Gasteiger partial charge in [0.15, 0.2) is 0 Å². The molecule has 0 heterocycles. The zero-order valence-electron chi connectivity index (χ0n) is 38.0. The van der Waals surface area contributed by atoms with Crippen LogP contribution in [0.1, 0.15) is 252 Å². The largest absolute Gasteiger partial charge is 0.462 e. The molecule has 3 N–H and O–H groups in total. The van der Waals surface area contributed by atoms with Crippen molar-refractivity contribution in [2.24, 2.45) is 0 Å². The van der Waals surface area contributed by atoms with Crippen LogP contribution in [0.2, 0.25) is 0 Å². The number of rotatable bonds is 44. The number of aliphatic hydroxyl groups excluding tert-OH is 2. The molecule has 0 spiro atoms. The van der Waals surface area contributed by atoms with Crippen molar-refractivity contribution in [2.45, 2.75) is 270 Å². The van der Waals surface area contributed by atoms with Gasteiger partial charge in [-0.25, -0.2) is 0 Å². The molecular weight excluding hydrogens is 707 g/mol. The quantitative estimate of drug-likeness (QED) is 0.0324. The summed E-state index contributed by atoms with van der Waals surface area (Å²) in [6, 6.07) is -0.701. The fraction of sp³-hybridized carbons (Fsp3) is 0.843. The van der Waals surface area contributed by atoms with Gasteiger partial charge in [0, 0.05) is 6.42 Å². The molecule has 334 valence electrons. The maximum Gasteiger partial charge on any atom is 0.306 e. The Morgan fingerprint density at radius 2 is 0.947 bits per heavy atom. The van der Waals surface area contributed by atoms with Crippen LogP contribution >= 0.6 is 0 Å². The summed E-state index contributed by atoms with van der Waals surface area (Å²) < 4.78 is 5.92. The number of ether oxygens (including phenoxy) is 1. The van der Waals surface area contributed by atoms with E-state index in [9.17, 15) is 19.8 Å². The summed E-state index contributed by atoms with van der Waals surface area (Å²) in [6.45, 7) is 6.36. The third-order valence-corrected chi connectivity index (χ3v) is 11.2.